The third-order valence-electron chi connectivity index (χ3n) is 2.59. The zero-order valence-electron chi connectivity index (χ0n) is 9.82. The largest absolute Gasteiger partial charge is 0.399 e. The second-order valence-electron chi connectivity index (χ2n) is 5.00. The van der Waals surface area contributed by atoms with Crippen LogP contribution in [0.4, 0.5) is 5.69 Å². The number of hydrogen-bond donors (Lipinski definition) is 1. The standard InChI is InChI=1S/C13H16N2O/c1-13(2,3)15-11-8-10(14)6-4-9(11)5-7-12(15)16/h4-8H,14H2,1-3H3. The number of fused-ring (bicyclic) bond motifs is 1. The van der Waals surface area contributed by atoms with E-state index in [1.807, 2.05) is 45.0 Å². The molecule has 0 saturated carbocycles. The first kappa shape index (κ1) is 10.7. The third-order valence-corrected chi connectivity index (χ3v) is 2.59. The van der Waals surface area contributed by atoms with Crippen LogP contribution in [0.2, 0.25) is 0 Å². The van der Waals surface area contributed by atoms with Crippen LogP contribution in [0.25, 0.3) is 10.9 Å². The molecule has 0 saturated heterocycles. The van der Waals surface area contributed by atoms with E-state index in [1.54, 1.807) is 10.6 Å². The number of hydrogen-bond acceptors (Lipinski definition) is 2. The minimum Gasteiger partial charge on any atom is -0.399 e. The molecule has 0 amide bonds. The number of rotatable bonds is 0. The van der Waals surface area contributed by atoms with E-state index >= 15 is 0 Å². The van der Waals surface area contributed by atoms with Gasteiger partial charge in [-0.1, -0.05) is 6.07 Å². The van der Waals surface area contributed by atoms with E-state index < -0.39 is 0 Å². The Kier molecular flexibility index (Phi) is 2.26. The Bertz CT molecular complexity index is 591. The summed E-state index contributed by atoms with van der Waals surface area (Å²) in [5.74, 6) is 0. The van der Waals surface area contributed by atoms with Gasteiger partial charge in [-0.2, -0.15) is 0 Å². The zero-order valence-corrected chi connectivity index (χ0v) is 9.82. The van der Waals surface area contributed by atoms with Crippen molar-refractivity contribution in [2.24, 2.45) is 0 Å². The van der Waals surface area contributed by atoms with Gasteiger partial charge < -0.3 is 10.3 Å². The molecular weight excluding hydrogens is 200 g/mol. The van der Waals surface area contributed by atoms with Crippen molar-refractivity contribution in [3.63, 3.8) is 0 Å². The average molecular weight is 216 g/mol. The summed E-state index contributed by atoms with van der Waals surface area (Å²) in [5, 5.41) is 1.03. The van der Waals surface area contributed by atoms with E-state index in [0.717, 1.165) is 10.9 Å². The highest BCUT2D eigenvalue weighted by atomic mass is 16.1. The molecule has 1 aromatic carbocycles. The van der Waals surface area contributed by atoms with Crippen molar-refractivity contribution in [2.75, 3.05) is 5.73 Å². The summed E-state index contributed by atoms with van der Waals surface area (Å²) in [7, 11) is 0. The monoisotopic (exact) mass is 216 g/mol. The Hall–Kier alpha value is -1.77. The molecule has 0 bridgehead atoms. The van der Waals surface area contributed by atoms with Crippen molar-refractivity contribution < 1.29 is 0 Å². The molecule has 0 fully saturated rings. The maximum Gasteiger partial charge on any atom is 0.251 e. The van der Waals surface area contributed by atoms with Gasteiger partial charge >= 0.3 is 0 Å². The van der Waals surface area contributed by atoms with Gasteiger partial charge in [0, 0.05) is 17.3 Å². The third kappa shape index (κ3) is 1.69. The molecular formula is C13H16N2O. The quantitative estimate of drug-likeness (QED) is 0.687. The van der Waals surface area contributed by atoms with Crippen molar-refractivity contribution in [3.05, 3.63) is 40.7 Å². The van der Waals surface area contributed by atoms with Gasteiger partial charge in [0.2, 0.25) is 0 Å². The molecule has 3 heteroatoms. The number of aromatic nitrogens is 1. The van der Waals surface area contributed by atoms with Crippen molar-refractivity contribution in [1.29, 1.82) is 0 Å². The highest BCUT2D eigenvalue weighted by molar-refractivity contribution is 5.82. The molecule has 84 valence electrons. The summed E-state index contributed by atoms with van der Waals surface area (Å²) in [6.45, 7) is 6.03. The molecule has 1 aromatic heterocycles. The zero-order chi connectivity index (χ0) is 11.9. The number of nitrogen functional groups attached to an aromatic ring is 1. The van der Waals surface area contributed by atoms with Gasteiger partial charge in [-0.15, -0.1) is 0 Å². The number of pyridine rings is 1. The van der Waals surface area contributed by atoms with Crippen LogP contribution in [0.5, 0.6) is 0 Å². The Labute approximate surface area is 94.5 Å². The van der Waals surface area contributed by atoms with E-state index in [-0.39, 0.29) is 11.1 Å². The lowest BCUT2D eigenvalue weighted by molar-refractivity contribution is 0.398. The number of nitrogens with two attached hydrogens (primary N) is 1. The topological polar surface area (TPSA) is 48.0 Å². The van der Waals surface area contributed by atoms with Crippen LogP contribution in [0.3, 0.4) is 0 Å². The van der Waals surface area contributed by atoms with Crippen LogP contribution in [0.1, 0.15) is 20.8 Å². The predicted octanol–water partition coefficient (Wildman–Crippen LogP) is 2.34. The Balaban J connectivity index is 2.94. The first-order valence-electron chi connectivity index (χ1n) is 5.31. The molecule has 2 aromatic rings. The average Bonchev–Trinajstić information content (AvgIpc) is 2.14. The second-order valence-corrected chi connectivity index (χ2v) is 5.00. The second kappa shape index (κ2) is 3.37. The first-order valence-corrected chi connectivity index (χ1v) is 5.31. The molecule has 0 spiro atoms. The van der Waals surface area contributed by atoms with E-state index in [9.17, 15) is 4.79 Å². The van der Waals surface area contributed by atoms with Crippen LogP contribution in [-0.4, -0.2) is 4.57 Å². The Morgan fingerprint density at radius 3 is 2.38 bits per heavy atom. The molecule has 3 nitrogen and oxygen atoms in total. The summed E-state index contributed by atoms with van der Waals surface area (Å²) in [5.41, 5.74) is 7.10. The lowest BCUT2D eigenvalue weighted by Crippen LogP contribution is -2.33. The van der Waals surface area contributed by atoms with Crippen LogP contribution in [-0.2, 0) is 5.54 Å². The van der Waals surface area contributed by atoms with Crippen LogP contribution in [0, 0.1) is 0 Å². The van der Waals surface area contributed by atoms with E-state index in [2.05, 4.69) is 0 Å². The minimum atomic E-state index is -0.246. The van der Waals surface area contributed by atoms with Crippen molar-refractivity contribution in [1.82, 2.24) is 4.57 Å². The minimum absolute atomic E-state index is 0.00519. The van der Waals surface area contributed by atoms with Crippen molar-refractivity contribution in [3.8, 4) is 0 Å². The summed E-state index contributed by atoms with van der Waals surface area (Å²) in [4.78, 5) is 11.9. The molecule has 0 aliphatic rings. The summed E-state index contributed by atoms with van der Waals surface area (Å²) >= 11 is 0. The molecule has 0 aliphatic heterocycles. The molecule has 1 heterocycles. The van der Waals surface area contributed by atoms with Gasteiger partial charge in [0.15, 0.2) is 0 Å². The Morgan fingerprint density at radius 2 is 1.75 bits per heavy atom. The summed E-state index contributed by atoms with van der Waals surface area (Å²) in [6.07, 6.45) is 0. The predicted molar refractivity (Wildman–Crippen MR) is 67.6 cm³/mol. The number of benzene rings is 1. The van der Waals surface area contributed by atoms with Crippen LogP contribution >= 0.6 is 0 Å². The molecule has 0 unspecified atom stereocenters. The van der Waals surface area contributed by atoms with E-state index in [4.69, 9.17) is 5.73 Å². The Morgan fingerprint density at radius 1 is 1.12 bits per heavy atom. The SMILES string of the molecule is CC(C)(C)n1c(=O)ccc2ccc(N)cc21. The lowest BCUT2D eigenvalue weighted by atomic mass is 10.1. The highest BCUT2D eigenvalue weighted by Gasteiger charge is 2.16. The van der Waals surface area contributed by atoms with Gasteiger partial charge in [-0.3, -0.25) is 4.79 Å². The molecule has 16 heavy (non-hydrogen) atoms. The van der Waals surface area contributed by atoms with Gasteiger partial charge in [-0.05, 0) is 44.4 Å². The van der Waals surface area contributed by atoms with Crippen molar-refractivity contribution >= 4 is 16.6 Å². The van der Waals surface area contributed by atoms with Crippen LogP contribution < -0.4 is 11.3 Å². The normalized spacial score (nSPS) is 11.9. The molecule has 2 N–H and O–H groups in total. The van der Waals surface area contributed by atoms with Gasteiger partial charge in [0.25, 0.3) is 5.56 Å². The fourth-order valence-corrected chi connectivity index (χ4v) is 1.94. The summed E-state index contributed by atoms with van der Waals surface area (Å²) < 4.78 is 1.78. The molecule has 2 rings (SSSR count). The lowest BCUT2D eigenvalue weighted by Gasteiger charge is -2.24. The maximum atomic E-state index is 11.9. The van der Waals surface area contributed by atoms with Gasteiger partial charge in [0.1, 0.15) is 0 Å². The van der Waals surface area contributed by atoms with Crippen LogP contribution in [0.15, 0.2) is 35.1 Å². The highest BCUT2D eigenvalue weighted by Crippen LogP contribution is 2.21. The smallest absolute Gasteiger partial charge is 0.251 e. The molecule has 0 atom stereocenters. The number of anilines is 1. The van der Waals surface area contributed by atoms with E-state index in [0.29, 0.717) is 5.69 Å². The van der Waals surface area contributed by atoms with Gasteiger partial charge in [0.05, 0.1) is 5.52 Å². The summed E-state index contributed by atoms with van der Waals surface area (Å²) in [6, 6.07) is 9.07. The number of nitrogens with zero attached hydrogens (tertiary/aromatic N) is 1. The fourth-order valence-electron chi connectivity index (χ4n) is 1.94. The molecule has 0 radical (unpaired) electrons. The van der Waals surface area contributed by atoms with E-state index in [1.165, 1.54) is 0 Å². The van der Waals surface area contributed by atoms with Gasteiger partial charge in [-0.25, -0.2) is 0 Å². The molecule has 0 aliphatic carbocycles. The maximum absolute atomic E-state index is 11.9. The van der Waals surface area contributed by atoms with Crippen molar-refractivity contribution in [2.45, 2.75) is 26.3 Å². The first-order chi connectivity index (χ1) is 7.39. The fraction of sp³-hybridized carbons (Fsp3) is 0.308.